The van der Waals surface area contributed by atoms with Crippen molar-refractivity contribution in [1.82, 2.24) is 14.7 Å². The Morgan fingerprint density at radius 1 is 1.03 bits per heavy atom. The van der Waals surface area contributed by atoms with Crippen LogP contribution in [-0.4, -0.2) is 52.9 Å². The van der Waals surface area contributed by atoms with Crippen molar-refractivity contribution in [1.29, 1.82) is 0 Å². The van der Waals surface area contributed by atoms with Crippen LogP contribution < -0.4 is 15.2 Å². The van der Waals surface area contributed by atoms with Gasteiger partial charge in [-0.3, -0.25) is 9.69 Å². The minimum absolute atomic E-state index is 0.249. The molecule has 1 saturated heterocycles. The van der Waals surface area contributed by atoms with E-state index in [1.165, 1.54) is 11.8 Å². The van der Waals surface area contributed by atoms with E-state index in [9.17, 15) is 14.4 Å². The zero-order valence-electron chi connectivity index (χ0n) is 19.8. The highest BCUT2D eigenvalue weighted by atomic mass is 35.5. The highest BCUT2D eigenvalue weighted by Gasteiger charge is 2.67. The summed E-state index contributed by atoms with van der Waals surface area (Å²) in [6, 6.07) is 17.9. The van der Waals surface area contributed by atoms with Crippen LogP contribution in [0.3, 0.4) is 0 Å². The molecule has 11 heteroatoms. The summed E-state index contributed by atoms with van der Waals surface area (Å²) in [6.07, 6.45) is -1.30. The van der Waals surface area contributed by atoms with E-state index < -0.39 is 34.6 Å². The van der Waals surface area contributed by atoms with Crippen LogP contribution in [-0.2, 0) is 9.59 Å². The van der Waals surface area contributed by atoms with Gasteiger partial charge in [-0.15, -0.1) is 9.60 Å². The number of urea groups is 1. The van der Waals surface area contributed by atoms with Gasteiger partial charge in [-0.2, -0.15) is 0 Å². The summed E-state index contributed by atoms with van der Waals surface area (Å²) < 4.78 is -0.602. The standard InChI is InChI=1S/C26H21Cl2N6O3/c1-14(29)24(35)33-32-23-25(36)34(33,2)20-10-6-9-19(21(20)22(30-23)15-7-4-3-5-8-15)31(26(32)37)16-11-12-17(27)18(28)13-16/h3-14,23H,29H2,1-2H3/q+1/t14-,23?,34+/m0/s1. The van der Waals surface area contributed by atoms with Gasteiger partial charge in [0, 0.05) is 11.6 Å². The number of nitrogens with zero attached hydrogens (tertiary/aromatic N) is 5. The Morgan fingerprint density at radius 2 is 1.76 bits per heavy atom. The average Bonchev–Trinajstić information content (AvgIpc) is 3.04. The molecule has 1 fully saturated rings. The van der Waals surface area contributed by atoms with Gasteiger partial charge in [0.05, 0.1) is 38.7 Å². The maximum Gasteiger partial charge on any atom is 0.391 e. The van der Waals surface area contributed by atoms with Gasteiger partial charge in [0.1, 0.15) is 7.05 Å². The van der Waals surface area contributed by atoms with Gasteiger partial charge in [-0.05, 0) is 31.2 Å². The molecule has 3 aromatic rings. The molecule has 6 bridgehead atoms. The Kier molecular flexibility index (Phi) is 5.19. The van der Waals surface area contributed by atoms with E-state index in [4.69, 9.17) is 33.9 Å². The molecule has 4 heterocycles. The minimum atomic E-state index is -1.30. The number of nitrogens with two attached hydrogens (primary N) is 1. The van der Waals surface area contributed by atoms with E-state index in [0.29, 0.717) is 33.4 Å². The van der Waals surface area contributed by atoms with Crippen molar-refractivity contribution >= 4 is 63.8 Å². The number of likely N-dealkylation sites (N-methyl/N-ethyl adjacent to an activating group) is 1. The molecule has 186 valence electrons. The van der Waals surface area contributed by atoms with E-state index >= 15 is 0 Å². The molecular formula is C26H21Cl2N6O3+. The van der Waals surface area contributed by atoms with E-state index in [1.54, 1.807) is 43.4 Å². The lowest BCUT2D eigenvalue weighted by molar-refractivity contribution is -0.166. The Morgan fingerprint density at radius 3 is 2.43 bits per heavy atom. The molecule has 4 aliphatic rings. The number of carbonyl (C=O) groups is 3. The average molecular weight is 536 g/mol. The van der Waals surface area contributed by atoms with Gasteiger partial charge in [0.2, 0.25) is 0 Å². The second-order valence-corrected chi connectivity index (χ2v) is 9.98. The number of benzene rings is 3. The van der Waals surface area contributed by atoms with Crippen LogP contribution in [0, 0.1) is 0 Å². The second kappa shape index (κ2) is 8.12. The zero-order valence-corrected chi connectivity index (χ0v) is 21.3. The third-order valence-corrected chi connectivity index (χ3v) is 7.60. The third kappa shape index (κ3) is 3.12. The SMILES string of the molecule is C[C@H](N)C(=O)N1N2C(=O)N(c3ccc(Cl)c(Cl)c3)c3cccc4c3C(c3ccccc3)=NC2C(=O)[N@@+]41C. The van der Waals surface area contributed by atoms with Crippen molar-refractivity contribution in [2.24, 2.45) is 10.7 Å². The molecule has 3 atom stereocenters. The third-order valence-electron chi connectivity index (χ3n) is 6.87. The van der Waals surface area contributed by atoms with Crippen LogP contribution in [0.4, 0.5) is 21.9 Å². The number of fused-ring (bicyclic) bond motifs is 1. The Labute approximate surface area is 222 Å². The number of anilines is 2. The van der Waals surface area contributed by atoms with E-state index in [1.807, 2.05) is 30.3 Å². The highest BCUT2D eigenvalue weighted by Crippen LogP contribution is 2.49. The largest absolute Gasteiger partial charge is 0.391 e. The lowest BCUT2D eigenvalue weighted by atomic mass is 9.96. The first-order valence-corrected chi connectivity index (χ1v) is 12.3. The fourth-order valence-electron chi connectivity index (χ4n) is 5.12. The molecule has 0 aromatic heterocycles. The number of amides is 4. The summed E-state index contributed by atoms with van der Waals surface area (Å²) in [5.41, 5.74) is 9.23. The number of aliphatic imine (C=N–C) groups is 1. The summed E-state index contributed by atoms with van der Waals surface area (Å²) >= 11 is 12.5. The molecule has 0 aliphatic carbocycles. The summed E-state index contributed by atoms with van der Waals surface area (Å²) in [7, 11) is 1.59. The van der Waals surface area contributed by atoms with Crippen molar-refractivity contribution in [3.05, 3.63) is 87.9 Å². The normalized spacial score (nSPS) is 22.7. The van der Waals surface area contributed by atoms with Crippen LogP contribution in [0.2, 0.25) is 10.0 Å². The summed E-state index contributed by atoms with van der Waals surface area (Å²) in [6.45, 7) is 1.51. The fourth-order valence-corrected chi connectivity index (χ4v) is 5.41. The Bertz CT molecular complexity index is 1540. The first-order chi connectivity index (χ1) is 17.7. The van der Waals surface area contributed by atoms with Gasteiger partial charge < -0.3 is 5.73 Å². The number of hydrazine groups is 1. The van der Waals surface area contributed by atoms with E-state index in [-0.39, 0.29) is 5.02 Å². The number of carbonyl (C=O) groups excluding carboxylic acids is 3. The molecule has 9 nitrogen and oxygen atoms in total. The molecule has 2 N–H and O–H groups in total. The first-order valence-electron chi connectivity index (χ1n) is 11.5. The van der Waals surface area contributed by atoms with Gasteiger partial charge in [-0.25, -0.2) is 14.6 Å². The van der Waals surface area contributed by atoms with Gasteiger partial charge >= 0.3 is 17.8 Å². The number of hydrogen-bond acceptors (Lipinski definition) is 5. The lowest BCUT2D eigenvalue weighted by Crippen LogP contribution is -2.67. The fraction of sp³-hybridized carbons (Fsp3) is 0.154. The van der Waals surface area contributed by atoms with Crippen molar-refractivity contribution < 1.29 is 14.4 Å². The molecule has 0 spiro atoms. The molecule has 0 radical (unpaired) electrons. The van der Waals surface area contributed by atoms with E-state index in [2.05, 4.69) is 0 Å². The topological polar surface area (TPSA) is 99.3 Å². The number of halogens is 2. The zero-order chi connectivity index (χ0) is 26.2. The van der Waals surface area contributed by atoms with Crippen molar-refractivity contribution in [2.45, 2.75) is 19.1 Å². The van der Waals surface area contributed by atoms with Gasteiger partial charge in [0.15, 0.2) is 5.69 Å². The maximum atomic E-state index is 14.3. The van der Waals surface area contributed by atoms with Crippen LogP contribution >= 0.6 is 23.2 Å². The maximum absolute atomic E-state index is 14.3. The quantitative estimate of drug-likeness (QED) is 0.507. The van der Waals surface area contributed by atoms with E-state index in [0.717, 1.165) is 15.7 Å². The second-order valence-electron chi connectivity index (χ2n) is 9.16. The molecular weight excluding hydrogens is 515 g/mol. The molecule has 3 aromatic carbocycles. The number of rotatable bonds is 3. The molecule has 37 heavy (non-hydrogen) atoms. The Hall–Kier alpha value is -3.76. The van der Waals surface area contributed by atoms with Gasteiger partial charge in [0.25, 0.3) is 6.17 Å². The number of hydrogen-bond donors (Lipinski definition) is 1. The Balaban J connectivity index is 1.75. The van der Waals surface area contributed by atoms with Crippen LogP contribution in [0.25, 0.3) is 0 Å². The van der Waals surface area contributed by atoms with Gasteiger partial charge in [-0.1, -0.05) is 64.7 Å². The molecule has 1 unspecified atom stereocenters. The minimum Gasteiger partial charge on any atom is -0.320 e. The summed E-state index contributed by atoms with van der Waals surface area (Å²) in [5, 5.41) is 2.80. The van der Waals surface area contributed by atoms with Crippen molar-refractivity contribution in [2.75, 3.05) is 11.9 Å². The number of quaternary nitrogens is 1. The van der Waals surface area contributed by atoms with Crippen LogP contribution in [0.5, 0.6) is 0 Å². The predicted molar refractivity (Wildman–Crippen MR) is 141 cm³/mol. The van der Waals surface area contributed by atoms with Crippen LogP contribution in [0.1, 0.15) is 18.1 Å². The lowest BCUT2D eigenvalue weighted by Gasteiger charge is -2.42. The first kappa shape index (κ1) is 23.6. The highest BCUT2D eigenvalue weighted by molar-refractivity contribution is 6.42. The smallest absolute Gasteiger partial charge is 0.320 e. The molecule has 4 amide bonds. The van der Waals surface area contributed by atoms with Crippen LogP contribution in [0.15, 0.2) is 71.7 Å². The summed E-state index contributed by atoms with van der Waals surface area (Å²) in [4.78, 5) is 48.2. The molecule has 7 rings (SSSR count). The molecule has 0 saturated carbocycles. The predicted octanol–water partition coefficient (Wildman–Crippen LogP) is 4.23. The van der Waals surface area contributed by atoms with Crippen molar-refractivity contribution in [3.8, 4) is 0 Å². The molecule has 4 aliphatic heterocycles. The summed E-state index contributed by atoms with van der Waals surface area (Å²) in [5.74, 6) is -1.06. The monoisotopic (exact) mass is 535 g/mol. The van der Waals surface area contributed by atoms with Crippen molar-refractivity contribution in [3.63, 3.8) is 0 Å².